The van der Waals surface area contributed by atoms with Crippen LogP contribution >= 0.6 is 12.4 Å². The van der Waals surface area contributed by atoms with Crippen LogP contribution in [0.25, 0.3) is 11.0 Å². The van der Waals surface area contributed by atoms with Crippen LogP contribution in [0, 0.1) is 0 Å². The van der Waals surface area contributed by atoms with Gasteiger partial charge >= 0.3 is 0 Å². The molecular formula is C14H17ClN2O3. The van der Waals surface area contributed by atoms with E-state index in [2.05, 4.69) is 10.6 Å². The third kappa shape index (κ3) is 2.73. The van der Waals surface area contributed by atoms with E-state index in [9.17, 15) is 4.79 Å². The number of hydrogen-bond donors (Lipinski definition) is 2. The highest BCUT2D eigenvalue weighted by Gasteiger charge is 2.20. The SMILES string of the molecule is COc1ccc2c(C(=O)N[C@H]3CCNC3)coc2c1.Cl. The highest BCUT2D eigenvalue weighted by Crippen LogP contribution is 2.25. The minimum atomic E-state index is -0.0855. The smallest absolute Gasteiger partial charge is 0.255 e. The fourth-order valence-electron chi connectivity index (χ4n) is 2.35. The molecule has 1 saturated heterocycles. The van der Waals surface area contributed by atoms with E-state index in [-0.39, 0.29) is 24.4 Å². The molecule has 3 rings (SSSR count). The van der Waals surface area contributed by atoms with E-state index in [0.717, 1.165) is 24.9 Å². The second-order valence-electron chi connectivity index (χ2n) is 4.67. The molecule has 5 nitrogen and oxygen atoms in total. The fraction of sp³-hybridized carbons (Fsp3) is 0.357. The topological polar surface area (TPSA) is 63.5 Å². The summed E-state index contributed by atoms with van der Waals surface area (Å²) in [7, 11) is 1.60. The summed E-state index contributed by atoms with van der Waals surface area (Å²) in [6, 6.07) is 5.66. The van der Waals surface area contributed by atoms with Crippen LogP contribution in [0.15, 0.2) is 28.9 Å². The van der Waals surface area contributed by atoms with E-state index in [1.54, 1.807) is 13.2 Å². The van der Waals surface area contributed by atoms with Gasteiger partial charge in [-0.25, -0.2) is 0 Å². The van der Waals surface area contributed by atoms with Gasteiger partial charge in [-0.05, 0) is 25.1 Å². The normalized spacial score (nSPS) is 17.8. The zero-order valence-electron chi connectivity index (χ0n) is 11.1. The summed E-state index contributed by atoms with van der Waals surface area (Å²) in [5.74, 6) is 0.631. The number of carbonyl (C=O) groups excluding carboxylic acids is 1. The van der Waals surface area contributed by atoms with Crippen molar-refractivity contribution in [3.8, 4) is 5.75 Å². The maximum atomic E-state index is 12.2. The number of carbonyl (C=O) groups is 1. The zero-order chi connectivity index (χ0) is 13.2. The first-order valence-electron chi connectivity index (χ1n) is 6.35. The number of furan rings is 1. The Labute approximate surface area is 123 Å². The average Bonchev–Trinajstić information content (AvgIpc) is 3.06. The third-order valence-corrected chi connectivity index (χ3v) is 3.42. The first-order chi connectivity index (χ1) is 9.28. The second kappa shape index (κ2) is 6.15. The van der Waals surface area contributed by atoms with Gasteiger partial charge in [-0.3, -0.25) is 4.79 Å². The number of ether oxygens (including phenoxy) is 1. The lowest BCUT2D eigenvalue weighted by Crippen LogP contribution is -2.36. The maximum Gasteiger partial charge on any atom is 0.255 e. The summed E-state index contributed by atoms with van der Waals surface area (Å²) in [4.78, 5) is 12.2. The summed E-state index contributed by atoms with van der Waals surface area (Å²) in [5, 5.41) is 7.04. The molecule has 108 valence electrons. The third-order valence-electron chi connectivity index (χ3n) is 3.42. The molecular weight excluding hydrogens is 280 g/mol. The number of rotatable bonds is 3. The van der Waals surface area contributed by atoms with Crippen LogP contribution in [-0.4, -0.2) is 32.1 Å². The Morgan fingerprint density at radius 1 is 1.50 bits per heavy atom. The quantitative estimate of drug-likeness (QED) is 0.909. The van der Waals surface area contributed by atoms with Gasteiger partial charge in [-0.1, -0.05) is 0 Å². The summed E-state index contributed by atoms with van der Waals surface area (Å²) < 4.78 is 10.6. The Balaban J connectivity index is 0.00000147. The highest BCUT2D eigenvalue weighted by molar-refractivity contribution is 6.06. The number of nitrogens with one attached hydrogen (secondary N) is 2. The van der Waals surface area contributed by atoms with Crippen molar-refractivity contribution in [3.63, 3.8) is 0 Å². The molecule has 1 atom stereocenters. The lowest BCUT2D eigenvalue weighted by atomic mass is 10.1. The molecule has 0 spiro atoms. The van der Waals surface area contributed by atoms with Gasteiger partial charge in [0.1, 0.15) is 17.6 Å². The Kier molecular flexibility index (Phi) is 4.52. The van der Waals surface area contributed by atoms with Gasteiger partial charge in [0.05, 0.1) is 12.7 Å². The highest BCUT2D eigenvalue weighted by atomic mass is 35.5. The minimum Gasteiger partial charge on any atom is -0.497 e. The summed E-state index contributed by atoms with van der Waals surface area (Å²) in [6.45, 7) is 1.78. The molecule has 1 amide bonds. The molecule has 20 heavy (non-hydrogen) atoms. The molecule has 1 aliphatic heterocycles. The van der Waals surface area contributed by atoms with Crippen LogP contribution in [0.2, 0.25) is 0 Å². The molecule has 6 heteroatoms. The van der Waals surface area contributed by atoms with E-state index in [0.29, 0.717) is 16.9 Å². The molecule has 0 saturated carbocycles. The zero-order valence-corrected chi connectivity index (χ0v) is 12.0. The van der Waals surface area contributed by atoms with Gasteiger partial charge in [0.25, 0.3) is 5.91 Å². The number of halogens is 1. The first-order valence-corrected chi connectivity index (χ1v) is 6.35. The Bertz CT molecular complexity index is 605. The first kappa shape index (κ1) is 14.7. The molecule has 2 heterocycles. The lowest BCUT2D eigenvalue weighted by Gasteiger charge is -2.10. The maximum absolute atomic E-state index is 12.2. The van der Waals surface area contributed by atoms with Crippen LogP contribution < -0.4 is 15.4 Å². The average molecular weight is 297 g/mol. The Morgan fingerprint density at radius 2 is 2.35 bits per heavy atom. The summed E-state index contributed by atoms with van der Waals surface area (Å²) >= 11 is 0. The van der Waals surface area contributed by atoms with Gasteiger partial charge in [0.15, 0.2) is 0 Å². The number of benzene rings is 1. The van der Waals surface area contributed by atoms with E-state index in [4.69, 9.17) is 9.15 Å². The largest absolute Gasteiger partial charge is 0.497 e. The Morgan fingerprint density at radius 3 is 3.05 bits per heavy atom. The number of fused-ring (bicyclic) bond motifs is 1. The van der Waals surface area contributed by atoms with Gasteiger partial charge in [-0.15, -0.1) is 12.4 Å². The number of amides is 1. The van der Waals surface area contributed by atoms with E-state index < -0.39 is 0 Å². The fourth-order valence-corrected chi connectivity index (χ4v) is 2.35. The molecule has 0 aliphatic carbocycles. The standard InChI is InChI=1S/C14H16N2O3.ClH/c1-18-10-2-3-11-12(8-19-13(11)6-10)14(17)16-9-4-5-15-7-9;/h2-3,6,8-9,15H,4-5,7H2,1H3,(H,16,17);1H/t9-;/m0./s1. The summed E-state index contributed by atoms with van der Waals surface area (Å²) in [6.07, 6.45) is 2.47. The van der Waals surface area contributed by atoms with Crippen molar-refractivity contribution in [3.05, 3.63) is 30.0 Å². The molecule has 1 aromatic carbocycles. The van der Waals surface area contributed by atoms with Crippen LogP contribution in [0.3, 0.4) is 0 Å². The van der Waals surface area contributed by atoms with Crippen molar-refractivity contribution in [2.75, 3.05) is 20.2 Å². The van der Waals surface area contributed by atoms with E-state index in [1.165, 1.54) is 6.26 Å². The summed E-state index contributed by atoms with van der Waals surface area (Å²) in [5.41, 5.74) is 1.23. The van der Waals surface area contributed by atoms with Crippen molar-refractivity contribution in [2.24, 2.45) is 0 Å². The van der Waals surface area contributed by atoms with Crippen molar-refractivity contribution in [1.82, 2.24) is 10.6 Å². The van der Waals surface area contributed by atoms with Crippen LogP contribution in [0.1, 0.15) is 16.8 Å². The minimum absolute atomic E-state index is 0. The molecule has 2 N–H and O–H groups in total. The monoisotopic (exact) mass is 296 g/mol. The molecule has 1 aliphatic rings. The Hall–Kier alpha value is -1.72. The molecule has 0 bridgehead atoms. The molecule has 1 fully saturated rings. The lowest BCUT2D eigenvalue weighted by molar-refractivity contribution is 0.0941. The molecule has 1 aromatic heterocycles. The molecule has 2 aromatic rings. The van der Waals surface area contributed by atoms with Gasteiger partial charge in [0, 0.05) is 24.0 Å². The van der Waals surface area contributed by atoms with Crippen molar-refractivity contribution < 1.29 is 13.9 Å². The van der Waals surface area contributed by atoms with Crippen LogP contribution in [-0.2, 0) is 0 Å². The van der Waals surface area contributed by atoms with Crippen LogP contribution in [0.5, 0.6) is 5.75 Å². The molecule has 0 unspecified atom stereocenters. The van der Waals surface area contributed by atoms with Crippen LogP contribution in [0.4, 0.5) is 0 Å². The molecule has 0 radical (unpaired) electrons. The van der Waals surface area contributed by atoms with E-state index in [1.807, 2.05) is 12.1 Å². The second-order valence-corrected chi connectivity index (χ2v) is 4.67. The number of methoxy groups -OCH3 is 1. The number of hydrogen-bond acceptors (Lipinski definition) is 4. The van der Waals surface area contributed by atoms with Crippen molar-refractivity contribution >= 4 is 29.3 Å². The van der Waals surface area contributed by atoms with Gasteiger partial charge in [-0.2, -0.15) is 0 Å². The van der Waals surface area contributed by atoms with Gasteiger partial charge in [0.2, 0.25) is 0 Å². The van der Waals surface area contributed by atoms with Crippen molar-refractivity contribution in [2.45, 2.75) is 12.5 Å². The predicted octanol–water partition coefficient (Wildman–Crippen LogP) is 1.95. The van der Waals surface area contributed by atoms with E-state index >= 15 is 0 Å². The van der Waals surface area contributed by atoms with Gasteiger partial charge < -0.3 is 19.8 Å². The predicted molar refractivity (Wildman–Crippen MR) is 78.8 cm³/mol. The van der Waals surface area contributed by atoms with Crippen molar-refractivity contribution in [1.29, 1.82) is 0 Å².